The predicted octanol–water partition coefficient (Wildman–Crippen LogP) is 3.09. The fourth-order valence-electron chi connectivity index (χ4n) is 2.18. The number of aromatic hydroxyl groups is 1. The molecule has 6 nitrogen and oxygen atoms in total. The molecular formula is C17H12ClFN2O4. The van der Waals surface area contributed by atoms with Crippen molar-refractivity contribution < 1.29 is 24.2 Å². The average Bonchev–Trinajstić information content (AvgIpc) is 2.57. The van der Waals surface area contributed by atoms with Gasteiger partial charge in [-0.25, -0.2) is 9.37 Å². The first-order valence-corrected chi connectivity index (χ1v) is 7.52. The number of benzene rings is 1. The maximum Gasteiger partial charge on any atom is 0.303 e. The number of pyridine rings is 1. The van der Waals surface area contributed by atoms with Crippen molar-refractivity contribution in [3.63, 3.8) is 0 Å². The fraction of sp³-hybridized carbons (Fsp3) is 0.176. The highest BCUT2D eigenvalue weighted by atomic mass is 35.5. The minimum atomic E-state index is -1.18. The standard InChI is InChI=1S/C17H12ClFN2O4/c18-12-2-1-3-13(19)11(12)7-10-6-9(8-20)17(25)16(21-10)14(22)4-5-15(23)24/h1-3,6,25H,4-5,7H2,(H,23,24). The smallest absolute Gasteiger partial charge is 0.303 e. The largest absolute Gasteiger partial charge is 0.504 e. The first-order chi connectivity index (χ1) is 11.8. The second kappa shape index (κ2) is 7.73. The summed E-state index contributed by atoms with van der Waals surface area (Å²) in [4.78, 5) is 26.6. The van der Waals surface area contributed by atoms with E-state index in [2.05, 4.69) is 4.98 Å². The van der Waals surface area contributed by atoms with Gasteiger partial charge in [-0.1, -0.05) is 17.7 Å². The molecule has 0 saturated carbocycles. The predicted molar refractivity (Wildman–Crippen MR) is 86.0 cm³/mol. The van der Waals surface area contributed by atoms with E-state index in [1.807, 2.05) is 0 Å². The van der Waals surface area contributed by atoms with Crippen molar-refractivity contribution in [3.05, 3.63) is 57.6 Å². The van der Waals surface area contributed by atoms with Crippen molar-refractivity contribution in [2.75, 3.05) is 0 Å². The van der Waals surface area contributed by atoms with Crippen molar-refractivity contribution in [1.82, 2.24) is 4.98 Å². The minimum Gasteiger partial charge on any atom is -0.504 e. The van der Waals surface area contributed by atoms with Crippen LogP contribution in [0.5, 0.6) is 5.75 Å². The summed E-state index contributed by atoms with van der Waals surface area (Å²) in [5.41, 5.74) is -0.339. The Hall–Kier alpha value is -2.98. The molecule has 0 aliphatic rings. The Kier molecular flexibility index (Phi) is 5.67. The molecule has 0 amide bonds. The van der Waals surface area contributed by atoms with E-state index in [1.54, 1.807) is 6.07 Å². The molecule has 128 valence electrons. The molecule has 8 heteroatoms. The Morgan fingerprint density at radius 3 is 2.64 bits per heavy atom. The van der Waals surface area contributed by atoms with E-state index in [0.717, 1.165) is 0 Å². The Balaban J connectivity index is 2.43. The zero-order valence-corrected chi connectivity index (χ0v) is 13.5. The zero-order chi connectivity index (χ0) is 18.6. The number of carboxylic acid groups (broad SMARTS) is 1. The summed E-state index contributed by atoms with van der Waals surface area (Å²) in [6, 6.07) is 7.10. The number of aliphatic carboxylic acids is 1. The quantitative estimate of drug-likeness (QED) is 0.764. The molecule has 0 bridgehead atoms. The monoisotopic (exact) mass is 362 g/mol. The number of aromatic nitrogens is 1. The van der Waals surface area contributed by atoms with Crippen LogP contribution in [0.2, 0.25) is 5.02 Å². The van der Waals surface area contributed by atoms with Gasteiger partial charge in [0, 0.05) is 29.1 Å². The van der Waals surface area contributed by atoms with Gasteiger partial charge in [0.1, 0.15) is 17.6 Å². The lowest BCUT2D eigenvalue weighted by Gasteiger charge is -2.09. The molecule has 0 radical (unpaired) electrons. The summed E-state index contributed by atoms with van der Waals surface area (Å²) in [5, 5.41) is 27.9. The molecule has 0 spiro atoms. The van der Waals surface area contributed by atoms with Crippen LogP contribution in [0.15, 0.2) is 24.3 Å². The third-order valence-corrected chi connectivity index (χ3v) is 3.77. The van der Waals surface area contributed by atoms with Crippen LogP contribution in [0.4, 0.5) is 4.39 Å². The SMILES string of the molecule is N#Cc1cc(Cc2c(F)cccc2Cl)nc(C(=O)CCC(=O)O)c1O. The van der Waals surface area contributed by atoms with E-state index in [1.165, 1.54) is 24.3 Å². The molecule has 2 aromatic rings. The van der Waals surface area contributed by atoms with Gasteiger partial charge in [-0.15, -0.1) is 0 Å². The van der Waals surface area contributed by atoms with Crippen LogP contribution >= 0.6 is 11.6 Å². The normalized spacial score (nSPS) is 10.3. The first kappa shape index (κ1) is 18.4. The van der Waals surface area contributed by atoms with Crippen LogP contribution in [0.25, 0.3) is 0 Å². The molecule has 0 aliphatic carbocycles. The van der Waals surface area contributed by atoms with Gasteiger partial charge in [0.05, 0.1) is 12.0 Å². The number of Topliss-reactive ketones (excluding diaryl/α,β-unsaturated/α-hetero) is 1. The van der Waals surface area contributed by atoms with Gasteiger partial charge in [0.25, 0.3) is 0 Å². The molecule has 2 N–H and O–H groups in total. The van der Waals surface area contributed by atoms with Crippen LogP contribution in [0, 0.1) is 17.1 Å². The van der Waals surface area contributed by atoms with Gasteiger partial charge >= 0.3 is 5.97 Å². The number of carboxylic acids is 1. The second-order valence-electron chi connectivity index (χ2n) is 5.16. The highest BCUT2D eigenvalue weighted by Crippen LogP contribution is 2.26. The van der Waals surface area contributed by atoms with Gasteiger partial charge < -0.3 is 10.2 Å². The lowest BCUT2D eigenvalue weighted by atomic mass is 10.0. The number of rotatable bonds is 6. The van der Waals surface area contributed by atoms with E-state index in [0.29, 0.717) is 0 Å². The molecule has 2 rings (SSSR count). The van der Waals surface area contributed by atoms with Crippen LogP contribution < -0.4 is 0 Å². The third-order valence-electron chi connectivity index (χ3n) is 3.42. The summed E-state index contributed by atoms with van der Waals surface area (Å²) >= 11 is 5.96. The molecular weight excluding hydrogens is 351 g/mol. The number of nitriles is 1. The molecule has 1 heterocycles. The third kappa shape index (κ3) is 4.31. The van der Waals surface area contributed by atoms with Crippen molar-refractivity contribution in [2.24, 2.45) is 0 Å². The molecule has 1 aromatic carbocycles. The maximum absolute atomic E-state index is 13.9. The van der Waals surface area contributed by atoms with Gasteiger partial charge in [0.15, 0.2) is 11.5 Å². The van der Waals surface area contributed by atoms with Gasteiger partial charge in [-0.3, -0.25) is 9.59 Å². The van der Waals surface area contributed by atoms with E-state index >= 15 is 0 Å². The number of hydrogen-bond acceptors (Lipinski definition) is 5. The van der Waals surface area contributed by atoms with Crippen LogP contribution in [-0.4, -0.2) is 26.9 Å². The van der Waals surface area contributed by atoms with Crippen molar-refractivity contribution >= 4 is 23.4 Å². The number of carbonyl (C=O) groups excluding carboxylic acids is 1. The maximum atomic E-state index is 13.9. The van der Waals surface area contributed by atoms with Crippen LogP contribution in [-0.2, 0) is 11.2 Å². The zero-order valence-electron chi connectivity index (χ0n) is 12.8. The second-order valence-corrected chi connectivity index (χ2v) is 5.57. The van der Waals surface area contributed by atoms with E-state index < -0.39 is 35.4 Å². The van der Waals surface area contributed by atoms with Crippen molar-refractivity contribution in [3.8, 4) is 11.8 Å². The molecule has 0 saturated heterocycles. The molecule has 0 aliphatic heterocycles. The van der Waals surface area contributed by atoms with Crippen LogP contribution in [0.3, 0.4) is 0 Å². The Bertz CT molecular complexity index is 873. The lowest BCUT2D eigenvalue weighted by Crippen LogP contribution is -2.09. The number of halogens is 2. The highest BCUT2D eigenvalue weighted by Gasteiger charge is 2.20. The van der Waals surface area contributed by atoms with Crippen LogP contribution in [0.1, 0.15) is 40.2 Å². The molecule has 0 unspecified atom stereocenters. The number of nitrogens with zero attached hydrogens (tertiary/aromatic N) is 2. The number of carbonyl (C=O) groups is 2. The van der Waals surface area contributed by atoms with Gasteiger partial charge in [-0.05, 0) is 18.2 Å². The molecule has 0 fully saturated rings. The Labute approximate surface area is 147 Å². The summed E-state index contributed by atoms with van der Waals surface area (Å²) < 4.78 is 13.9. The summed E-state index contributed by atoms with van der Waals surface area (Å²) in [6.45, 7) is 0. The number of hydrogen-bond donors (Lipinski definition) is 2. The van der Waals surface area contributed by atoms with E-state index in [-0.39, 0.29) is 34.7 Å². The summed E-state index contributed by atoms with van der Waals surface area (Å²) in [5.74, 6) is -3.10. The summed E-state index contributed by atoms with van der Waals surface area (Å²) in [6.07, 6.45) is -0.921. The fourth-order valence-corrected chi connectivity index (χ4v) is 2.41. The molecule has 0 atom stereocenters. The van der Waals surface area contributed by atoms with Gasteiger partial charge in [0.2, 0.25) is 0 Å². The molecule has 25 heavy (non-hydrogen) atoms. The van der Waals surface area contributed by atoms with E-state index in [9.17, 15) is 19.1 Å². The van der Waals surface area contributed by atoms with Crippen molar-refractivity contribution in [1.29, 1.82) is 5.26 Å². The number of ketones is 1. The topological polar surface area (TPSA) is 111 Å². The highest BCUT2D eigenvalue weighted by molar-refractivity contribution is 6.31. The lowest BCUT2D eigenvalue weighted by molar-refractivity contribution is -0.136. The first-order valence-electron chi connectivity index (χ1n) is 7.14. The summed E-state index contributed by atoms with van der Waals surface area (Å²) in [7, 11) is 0. The molecule has 1 aromatic heterocycles. The Morgan fingerprint density at radius 1 is 1.32 bits per heavy atom. The Morgan fingerprint density at radius 2 is 2.04 bits per heavy atom. The van der Waals surface area contributed by atoms with E-state index in [4.69, 9.17) is 22.0 Å². The van der Waals surface area contributed by atoms with Gasteiger partial charge in [-0.2, -0.15) is 5.26 Å². The van der Waals surface area contributed by atoms with Crippen molar-refractivity contribution in [2.45, 2.75) is 19.3 Å². The average molecular weight is 363 g/mol. The minimum absolute atomic E-state index is 0.0975.